The van der Waals surface area contributed by atoms with Crippen LogP contribution in [0.5, 0.6) is 0 Å². The Morgan fingerprint density at radius 2 is 2.10 bits per heavy atom. The summed E-state index contributed by atoms with van der Waals surface area (Å²) in [6.07, 6.45) is 3.16. The van der Waals surface area contributed by atoms with E-state index >= 15 is 0 Å². The van der Waals surface area contributed by atoms with Crippen LogP contribution in [0, 0.1) is 5.92 Å². The summed E-state index contributed by atoms with van der Waals surface area (Å²) in [4.78, 5) is 0. The monoisotopic (exact) mass is 313 g/mol. The Morgan fingerprint density at radius 3 is 2.81 bits per heavy atom. The quantitative estimate of drug-likeness (QED) is 0.599. The molecular weight excluding hydrogens is 286 g/mol. The molecule has 1 rings (SSSR count). The first kappa shape index (κ1) is 18.4. The van der Waals surface area contributed by atoms with Gasteiger partial charge >= 0.3 is 0 Å². The van der Waals surface area contributed by atoms with Gasteiger partial charge in [-0.2, -0.15) is 0 Å². The summed E-state index contributed by atoms with van der Waals surface area (Å²) < 4.78 is 10.7. The van der Waals surface area contributed by atoms with Crippen LogP contribution in [-0.4, -0.2) is 40.0 Å². The molecule has 1 unspecified atom stereocenters. The van der Waals surface area contributed by atoms with E-state index in [1.54, 1.807) is 7.11 Å². The smallest absolute Gasteiger partial charge is 0.0587 e. The normalized spacial score (nSPS) is 12.5. The lowest BCUT2D eigenvalue weighted by atomic mass is 9.96. The van der Waals surface area contributed by atoms with Gasteiger partial charge in [-0.3, -0.25) is 0 Å². The van der Waals surface area contributed by atoms with Gasteiger partial charge in [0.2, 0.25) is 0 Å². The Morgan fingerprint density at radius 1 is 1.24 bits per heavy atom. The van der Waals surface area contributed by atoms with Crippen LogP contribution < -0.4 is 5.32 Å². The highest BCUT2D eigenvalue weighted by Gasteiger charge is 2.10. The summed E-state index contributed by atoms with van der Waals surface area (Å²) in [5, 5.41) is 4.25. The second-order valence-electron chi connectivity index (χ2n) is 5.30. The van der Waals surface area contributed by atoms with Gasteiger partial charge in [-0.25, -0.2) is 0 Å². The number of hydrogen-bond donors (Lipinski definition) is 1. The molecule has 0 saturated heterocycles. The van der Waals surface area contributed by atoms with E-state index < -0.39 is 0 Å². The first-order valence-corrected chi connectivity index (χ1v) is 8.16. The summed E-state index contributed by atoms with van der Waals surface area (Å²) >= 11 is 6.06. The van der Waals surface area contributed by atoms with Crippen LogP contribution in [-0.2, 0) is 15.9 Å². The topological polar surface area (TPSA) is 30.5 Å². The number of benzene rings is 1. The largest absolute Gasteiger partial charge is 0.383 e. The minimum absolute atomic E-state index is 0.553. The van der Waals surface area contributed by atoms with Crippen molar-refractivity contribution >= 4 is 11.6 Å². The maximum atomic E-state index is 6.06. The molecule has 0 aliphatic carbocycles. The van der Waals surface area contributed by atoms with Crippen LogP contribution in [0.15, 0.2) is 24.3 Å². The highest BCUT2D eigenvalue weighted by atomic mass is 35.5. The number of hydrogen-bond acceptors (Lipinski definition) is 3. The molecule has 1 N–H and O–H groups in total. The maximum Gasteiger partial charge on any atom is 0.0587 e. The molecule has 0 heterocycles. The third-order valence-corrected chi connectivity index (χ3v) is 3.58. The Labute approximate surface area is 134 Å². The second kappa shape index (κ2) is 12.0. The van der Waals surface area contributed by atoms with Crippen LogP contribution in [0.2, 0.25) is 5.02 Å². The van der Waals surface area contributed by atoms with Crippen LogP contribution in [0.3, 0.4) is 0 Å². The molecule has 120 valence electrons. The summed E-state index contributed by atoms with van der Waals surface area (Å²) in [6.45, 7) is 6.42. The van der Waals surface area contributed by atoms with E-state index in [9.17, 15) is 0 Å². The molecule has 21 heavy (non-hydrogen) atoms. The lowest BCUT2D eigenvalue weighted by Crippen LogP contribution is -2.28. The predicted octanol–water partition coefficient (Wildman–Crippen LogP) is 3.55. The van der Waals surface area contributed by atoms with Crippen LogP contribution in [0.25, 0.3) is 0 Å². The minimum Gasteiger partial charge on any atom is -0.383 e. The second-order valence-corrected chi connectivity index (χ2v) is 5.73. The Bertz CT molecular complexity index is 362. The van der Waals surface area contributed by atoms with Crippen molar-refractivity contribution in [3.8, 4) is 0 Å². The fourth-order valence-corrected chi connectivity index (χ4v) is 2.46. The van der Waals surface area contributed by atoms with Crippen molar-refractivity contribution in [3.63, 3.8) is 0 Å². The van der Waals surface area contributed by atoms with Crippen molar-refractivity contribution in [2.75, 3.05) is 40.0 Å². The lowest BCUT2D eigenvalue weighted by molar-refractivity contribution is 0.119. The van der Waals surface area contributed by atoms with E-state index in [4.69, 9.17) is 21.1 Å². The van der Waals surface area contributed by atoms with Crippen molar-refractivity contribution in [1.29, 1.82) is 0 Å². The molecule has 0 saturated carbocycles. The van der Waals surface area contributed by atoms with Crippen LogP contribution in [0.4, 0.5) is 0 Å². The molecule has 0 amide bonds. The molecule has 1 aromatic rings. The van der Waals surface area contributed by atoms with Gasteiger partial charge in [-0.1, -0.05) is 30.7 Å². The molecule has 4 heteroatoms. The molecular formula is C17H28ClNO2. The Hall–Kier alpha value is -0.610. The molecule has 0 bridgehead atoms. The first-order valence-electron chi connectivity index (χ1n) is 7.78. The summed E-state index contributed by atoms with van der Waals surface area (Å²) in [5.41, 5.74) is 1.29. The Balaban J connectivity index is 2.41. The molecule has 1 atom stereocenters. The third kappa shape index (κ3) is 9.10. The summed E-state index contributed by atoms with van der Waals surface area (Å²) in [7, 11) is 1.73. The fourth-order valence-electron chi connectivity index (χ4n) is 2.25. The zero-order valence-corrected chi connectivity index (χ0v) is 14.0. The number of nitrogens with one attached hydrogen (secondary N) is 1. The summed E-state index contributed by atoms with van der Waals surface area (Å²) in [5.74, 6) is 0.553. The van der Waals surface area contributed by atoms with E-state index in [0.29, 0.717) is 5.92 Å². The summed E-state index contributed by atoms with van der Waals surface area (Å²) in [6, 6.07) is 8.12. The van der Waals surface area contributed by atoms with Gasteiger partial charge in [0.1, 0.15) is 0 Å². The number of halogens is 1. The van der Waals surface area contributed by atoms with Crippen molar-refractivity contribution in [3.05, 3.63) is 34.9 Å². The maximum absolute atomic E-state index is 6.06. The molecule has 0 radical (unpaired) electrons. The zero-order chi connectivity index (χ0) is 15.3. The van der Waals surface area contributed by atoms with Gasteiger partial charge in [-0.05, 0) is 49.4 Å². The van der Waals surface area contributed by atoms with Gasteiger partial charge in [0.05, 0.1) is 6.61 Å². The number of rotatable bonds is 12. The Kier molecular flexibility index (Phi) is 10.5. The van der Waals surface area contributed by atoms with E-state index in [0.717, 1.165) is 57.2 Å². The first-order chi connectivity index (χ1) is 10.3. The average molecular weight is 314 g/mol. The van der Waals surface area contributed by atoms with E-state index in [-0.39, 0.29) is 0 Å². The van der Waals surface area contributed by atoms with Crippen molar-refractivity contribution in [1.82, 2.24) is 5.32 Å². The third-order valence-electron chi connectivity index (χ3n) is 3.35. The molecule has 0 spiro atoms. The van der Waals surface area contributed by atoms with E-state index in [1.165, 1.54) is 5.56 Å². The SMILES string of the molecule is CCCOCCC(CNCCOC)Cc1cccc(Cl)c1. The van der Waals surface area contributed by atoms with Gasteiger partial charge < -0.3 is 14.8 Å². The van der Waals surface area contributed by atoms with Crippen molar-refractivity contribution in [2.24, 2.45) is 5.92 Å². The van der Waals surface area contributed by atoms with Crippen molar-refractivity contribution in [2.45, 2.75) is 26.2 Å². The fraction of sp³-hybridized carbons (Fsp3) is 0.647. The predicted molar refractivity (Wildman–Crippen MR) is 89.1 cm³/mol. The standard InChI is InChI=1S/C17H28ClNO2/c1-3-9-21-10-7-16(14-19-8-11-20-2)12-15-5-4-6-17(18)13-15/h4-6,13,16,19H,3,7-12,14H2,1-2H3. The zero-order valence-electron chi connectivity index (χ0n) is 13.2. The van der Waals surface area contributed by atoms with Gasteiger partial charge in [0.25, 0.3) is 0 Å². The highest BCUT2D eigenvalue weighted by molar-refractivity contribution is 6.30. The molecule has 1 aromatic carbocycles. The van der Waals surface area contributed by atoms with Crippen molar-refractivity contribution < 1.29 is 9.47 Å². The van der Waals surface area contributed by atoms with Gasteiger partial charge in [-0.15, -0.1) is 0 Å². The average Bonchev–Trinajstić information content (AvgIpc) is 2.48. The molecule has 0 aliphatic rings. The molecule has 3 nitrogen and oxygen atoms in total. The van der Waals surface area contributed by atoms with Gasteiger partial charge in [0.15, 0.2) is 0 Å². The number of ether oxygens (including phenoxy) is 2. The van der Waals surface area contributed by atoms with Crippen LogP contribution in [0.1, 0.15) is 25.3 Å². The van der Waals surface area contributed by atoms with Crippen LogP contribution >= 0.6 is 11.6 Å². The van der Waals surface area contributed by atoms with E-state index in [2.05, 4.69) is 24.4 Å². The lowest BCUT2D eigenvalue weighted by Gasteiger charge is -2.18. The molecule has 0 aliphatic heterocycles. The number of methoxy groups -OCH3 is 1. The minimum atomic E-state index is 0.553. The van der Waals surface area contributed by atoms with E-state index in [1.807, 2.05) is 12.1 Å². The highest BCUT2D eigenvalue weighted by Crippen LogP contribution is 2.16. The van der Waals surface area contributed by atoms with Gasteiger partial charge in [0, 0.05) is 31.9 Å². The molecule has 0 aromatic heterocycles. The molecule has 0 fully saturated rings.